The van der Waals surface area contributed by atoms with Crippen LogP contribution in [0.5, 0.6) is 11.5 Å². The van der Waals surface area contributed by atoms with Crippen LogP contribution >= 0.6 is 0 Å². The summed E-state index contributed by atoms with van der Waals surface area (Å²) in [5.74, 6) is 0.414. The average Bonchev–Trinajstić information content (AvgIpc) is 2.46. The van der Waals surface area contributed by atoms with E-state index < -0.39 is 6.04 Å². The highest BCUT2D eigenvalue weighted by Crippen LogP contribution is 2.29. The molecule has 0 saturated heterocycles. The average molecular weight is 275 g/mol. The van der Waals surface area contributed by atoms with Crippen LogP contribution in [-0.2, 0) is 0 Å². The number of phenols is 1. The molecule has 0 heterocycles. The molecule has 0 bridgehead atoms. The van der Waals surface area contributed by atoms with Gasteiger partial charge in [-0.3, -0.25) is 5.32 Å². The van der Waals surface area contributed by atoms with Gasteiger partial charge in [0.2, 0.25) is 0 Å². The Bertz CT molecular complexity index is 520. The van der Waals surface area contributed by atoms with Gasteiger partial charge in [0.15, 0.2) is 11.5 Å². The molecule has 106 valence electrons. The molecule has 0 saturated carbocycles. The van der Waals surface area contributed by atoms with E-state index in [-0.39, 0.29) is 5.75 Å². The molecular formula is C13H17N5O2. The molecule has 1 atom stereocenters. The molecule has 2 N–H and O–H groups in total. The number of ether oxygens (including phenoxy) is 1. The lowest BCUT2D eigenvalue weighted by molar-refractivity contribution is 0.317. The molecule has 0 aromatic heterocycles. The Kier molecular flexibility index (Phi) is 6.76. The summed E-state index contributed by atoms with van der Waals surface area (Å²) in [4.78, 5) is 2.66. The first-order valence-corrected chi connectivity index (χ1v) is 6.32. The van der Waals surface area contributed by atoms with Crippen LogP contribution < -0.4 is 10.1 Å². The second kappa shape index (κ2) is 8.64. The highest BCUT2D eigenvalue weighted by molar-refractivity contribution is 5.43. The van der Waals surface area contributed by atoms with Gasteiger partial charge in [0.1, 0.15) is 6.04 Å². The number of aromatic hydroxyl groups is 1. The van der Waals surface area contributed by atoms with Crippen molar-refractivity contribution in [2.45, 2.75) is 19.4 Å². The number of nitriles is 1. The fourth-order valence-electron chi connectivity index (χ4n) is 1.66. The third-order valence-corrected chi connectivity index (χ3v) is 2.59. The highest BCUT2D eigenvalue weighted by Gasteiger charge is 2.12. The van der Waals surface area contributed by atoms with Crippen LogP contribution in [0.1, 0.15) is 24.9 Å². The van der Waals surface area contributed by atoms with Crippen molar-refractivity contribution in [3.05, 3.63) is 34.2 Å². The Hall–Kier alpha value is -2.42. The zero-order valence-corrected chi connectivity index (χ0v) is 11.3. The Balaban J connectivity index is 2.67. The van der Waals surface area contributed by atoms with Gasteiger partial charge in [0.25, 0.3) is 0 Å². The maximum absolute atomic E-state index is 9.62. The molecule has 0 aliphatic heterocycles. The number of benzene rings is 1. The molecule has 0 spiro atoms. The van der Waals surface area contributed by atoms with Crippen molar-refractivity contribution in [2.75, 3.05) is 19.7 Å². The largest absolute Gasteiger partial charge is 0.504 e. The summed E-state index contributed by atoms with van der Waals surface area (Å²) in [6, 6.07) is 6.47. The molecule has 20 heavy (non-hydrogen) atoms. The fraction of sp³-hybridized carbons (Fsp3) is 0.462. The quantitative estimate of drug-likeness (QED) is 0.328. The molecule has 0 aliphatic rings. The van der Waals surface area contributed by atoms with E-state index in [1.165, 1.54) is 6.07 Å². The van der Waals surface area contributed by atoms with Crippen molar-refractivity contribution < 1.29 is 9.84 Å². The van der Waals surface area contributed by atoms with Gasteiger partial charge < -0.3 is 9.84 Å². The predicted octanol–water partition coefficient (Wildman–Crippen LogP) is 2.65. The minimum atomic E-state index is -0.499. The minimum Gasteiger partial charge on any atom is -0.504 e. The molecule has 0 radical (unpaired) electrons. The Morgan fingerprint density at radius 2 is 2.40 bits per heavy atom. The Morgan fingerprint density at radius 3 is 3.05 bits per heavy atom. The van der Waals surface area contributed by atoms with E-state index in [0.29, 0.717) is 31.9 Å². The molecule has 0 aliphatic carbocycles. The summed E-state index contributed by atoms with van der Waals surface area (Å²) in [7, 11) is 0. The highest BCUT2D eigenvalue weighted by atomic mass is 16.5. The molecule has 7 heteroatoms. The van der Waals surface area contributed by atoms with Crippen molar-refractivity contribution in [3.63, 3.8) is 0 Å². The second-order valence-electron chi connectivity index (χ2n) is 3.98. The minimum absolute atomic E-state index is 0.0515. The van der Waals surface area contributed by atoms with Crippen LogP contribution in [0.25, 0.3) is 10.4 Å². The summed E-state index contributed by atoms with van der Waals surface area (Å²) in [6.45, 7) is 3.21. The van der Waals surface area contributed by atoms with Gasteiger partial charge in [-0.2, -0.15) is 5.26 Å². The number of nitrogens with zero attached hydrogens (tertiary/aromatic N) is 4. The van der Waals surface area contributed by atoms with E-state index in [1.807, 2.05) is 6.92 Å². The van der Waals surface area contributed by atoms with Gasteiger partial charge in [0, 0.05) is 11.5 Å². The van der Waals surface area contributed by atoms with Crippen molar-refractivity contribution in [3.8, 4) is 17.6 Å². The summed E-state index contributed by atoms with van der Waals surface area (Å²) in [6.07, 6.45) is 0.651. The number of hydrogen-bond donors (Lipinski definition) is 2. The first-order chi connectivity index (χ1) is 9.72. The fourth-order valence-corrected chi connectivity index (χ4v) is 1.66. The topological polar surface area (TPSA) is 114 Å². The van der Waals surface area contributed by atoms with Gasteiger partial charge in [-0.05, 0) is 43.1 Å². The van der Waals surface area contributed by atoms with E-state index >= 15 is 0 Å². The van der Waals surface area contributed by atoms with Gasteiger partial charge in [-0.15, -0.1) is 0 Å². The van der Waals surface area contributed by atoms with E-state index in [1.54, 1.807) is 12.1 Å². The summed E-state index contributed by atoms with van der Waals surface area (Å²) in [5, 5.41) is 25.3. The maximum Gasteiger partial charge on any atom is 0.161 e. The summed E-state index contributed by atoms with van der Waals surface area (Å²) in [5.41, 5.74) is 8.87. The Morgan fingerprint density at radius 1 is 1.60 bits per heavy atom. The molecule has 1 aromatic rings. The van der Waals surface area contributed by atoms with Crippen LogP contribution in [0.3, 0.4) is 0 Å². The number of rotatable bonds is 8. The SMILES string of the molecule is CCOc1cc(C(C#N)NCCCN=[N+]=[N-])ccc1O. The third kappa shape index (κ3) is 4.69. The van der Waals surface area contributed by atoms with Gasteiger partial charge in [0.05, 0.1) is 12.7 Å². The summed E-state index contributed by atoms with van der Waals surface area (Å²) < 4.78 is 5.29. The smallest absolute Gasteiger partial charge is 0.161 e. The van der Waals surface area contributed by atoms with Crippen molar-refractivity contribution in [2.24, 2.45) is 5.11 Å². The van der Waals surface area contributed by atoms with Crippen molar-refractivity contribution in [1.82, 2.24) is 5.32 Å². The molecule has 0 amide bonds. The molecular weight excluding hydrogens is 258 g/mol. The number of hydrogen-bond acceptors (Lipinski definition) is 5. The van der Waals surface area contributed by atoms with Gasteiger partial charge in [-0.25, -0.2) is 0 Å². The van der Waals surface area contributed by atoms with Crippen LogP contribution in [0.15, 0.2) is 23.3 Å². The van der Waals surface area contributed by atoms with Crippen LogP contribution in [0.2, 0.25) is 0 Å². The van der Waals surface area contributed by atoms with Crippen LogP contribution in [0.4, 0.5) is 0 Å². The maximum atomic E-state index is 9.62. The lowest BCUT2D eigenvalue weighted by atomic mass is 10.1. The normalized spacial score (nSPS) is 11.2. The molecule has 1 rings (SSSR count). The first-order valence-electron chi connectivity index (χ1n) is 6.32. The van der Waals surface area contributed by atoms with Crippen molar-refractivity contribution in [1.29, 1.82) is 5.26 Å². The third-order valence-electron chi connectivity index (χ3n) is 2.59. The predicted molar refractivity (Wildman–Crippen MR) is 74.3 cm³/mol. The standard InChI is InChI=1S/C13H17N5O2/c1-2-20-13-8-10(4-5-12(13)19)11(9-14)16-6-3-7-17-18-15/h4-5,8,11,16,19H,2-3,6-7H2,1H3. The lowest BCUT2D eigenvalue weighted by Gasteiger charge is -2.13. The van der Waals surface area contributed by atoms with E-state index in [0.717, 1.165) is 5.56 Å². The van der Waals surface area contributed by atoms with Crippen molar-refractivity contribution >= 4 is 0 Å². The Labute approximate surface area is 117 Å². The van der Waals surface area contributed by atoms with Gasteiger partial charge >= 0.3 is 0 Å². The zero-order chi connectivity index (χ0) is 14.8. The van der Waals surface area contributed by atoms with E-state index in [9.17, 15) is 10.4 Å². The van der Waals surface area contributed by atoms with E-state index in [2.05, 4.69) is 21.4 Å². The summed E-state index contributed by atoms with van der Waals surface area (Å²) >= 11 is 0. The number of phenolic OH excluding ortho intramolecular Hbond substituents is 1. The molecule has 1 unspecified atom stereocenters. The number of azide groups is 1. The number of nitrogens with one attached hydrogen (secondary N) is 1. The molecule has 7 nitrogen and oxygen atoms in total. The zero-order valence-electron chi connectivity index (χ0n) is 11.3. The van der Waals surface area contributed by atoms with E-state index in [4.69, 9.17) is 10.3 Å². The van der Waals surface area contributed by atoms with Crippen LogP contribution in [-0.4, -0.2) is 24.8 Å². The lowest BCUT2D eigenvalue weighted by Crippen LogP contribution is -2.21. The van der Waals surface area contributed by atoms with Crippen LogP contribution in [0, 0.1) is 11.3 Å². The molecule has 1 aromatic carbocycles. The van der Waals surface area contributed by atoms with Gasteiger partial charge in [-0.1, -0.05) is 11.2 Å². The monoisotopic (exact) mass is 275 g/mol. The molecule has 0 fully saturated rings. The second-order valence-corrected chi connectivity index (χ2v) is 3.98. The first kappa shape index (κ1) is 15.6.